The van der Waals surface area contributed by atoms with Crippen molar-refractivity contribution in [2.45, 2.75) is 6.54 Å². The fourth-order valence-electron chi connectivity index (χ4n) is 2.35. The molecule has 0 atom stereocenters. The van der Waals surface area contributed by atoms with Crippen LogP contribution in [0.5, 0.6) is 0 Å². The lowest BCUT2D eigenvalue weighted by Crippen LogP contribution is -2.30. The number of aromatic nitrogens is 2. The maximum absolute atomic E-state index is 12.7. The molecule has 0 unspecified atom stereocenters. The van der Waals surface area contributed by atoms with Crippen molar-refractivity contribution < 1.29 is 9.32 Å². The van der Waals surface area contributed by atoms with Gasteiger partial charge in [0.15, 0.2) is 0 Å². The number of halogens is 2. The Bertz CT molecular complexity index is 905. The summed E-state index contributed by atoms with van der Waals surface area (Å²) >= 11 is 11.8. The number of benzene rings is 2. The lowest BCUT2D eigenvalue weighted by Gasteiger charge is -2.19. The van der Waals surface area contributed by atoms with E-state index in [1.54, 1.807) is 59.5 Å². The predicted molar refractivity (Wildman–Crippen MR) is 101 cm³/mol. The zero-order valence-corrected chi connectivity index (χ0v) is 15.2. The van der Waals surface area contributed by atoms with Gasteiger partial charge in [0.1, 0.15) is 6.54 Å². The molecular weight excluding hydrogens is 373 g/mol. The lowest BCUT2D eigenvalue weighted by atomic mass is 10.2. The Morgan fingerprint density at radius 1 is 1.08 bits per heavy atom. The molecule has 0 saturated heterocycles. The molecule has 1 aromatic heterocycles. The van der Waals surface area contributed by atoms with Gasteiger partial charge in [-0.2, -0.15) is 4.98 Å². The van der Waals surface area contributed by atoms with E-state index in [0.29, 0.717) is 33.9 Å². The Morgan fingerprint density at radius 3 is 2.31 bits per heavy atom. The number of hydrogen-bond donors (Lipinski definition) is 0. The Labute approximate surface area is 160 Å². The topological polar surface area (TPSA) is 59.2 Å². The monoisotopic (exact) mass is 387 g/mol. The molecule has 1 amide bonds. The summed E-state index contributed by atoms with van der Waals surface area (Å²) in [6.45, 7) is 4.22. The van der Waals surface area contributed by atoms with Crippen molar-refractivity contribution in [3.05, 3.63) is 82.7 Å². The summed E-state index contributed by atoms with van der Waals surface area (Å²) in [6, 6.07) is 13.8. The van der Waals surface area contributed by atoms with Crippen molar-refractivity contribution in [3.8, 4) is 11.4 Å². The lowest BCUT2D eigenvalue weighted by molar-refractivity contribution is 0.0745. The smallest absolute Gasteiger partial charge is 0.254 e. The van der Waals surface area contributed by atoms with Crippen molar-refractivity contribution in [2.24, 2.45) is 0 Å². The molecule has 1 heterocycles. The SMILES string of the molecule is C=CCN(Cc1nc(-c2ccc(Cl)cc2)no1)C(=O)c1ccc(Cl)cc1. The average molecular weight is 388 g/mol. The number of carbonyl (C=O) groups is 1. The highest BCUT2D eigenvalue weighted by atomic mass is 35.5. The van der Waals surface area contributed by atoms with Gasteiger partial charge in [0, 0.05) is 27.7 Å². The molecule has 3 rings (SSSR count). The van der Waals surface area contributed by atoms with Crippen LogP contribution in [-0.2, 0) is 6.54 Å². The molecule has 3 aromatic rings. The van der Waals surface area contributed by atoms with Crippen molar-refractivity contribution >= 4 is 29.1 Å². The molecule has 26 heavy (non-hydrogen) atoms. The van der Waals surface area contributed by atoms with Gasteiger partial charge in [-0.15, -0.1) is 6.58 Å². The van der Waals surface area contributed by atoms with Crippen LogP contribution in [0.25, 0.3) is 11.4 Å². The first-order valence-electron chi connectivity index (χ1n) is 7.81. The fourth-order valence-corrected chi connectivity index (χ4v) is 2.60. The van der Waals surface area contributed by atoms with Crippen LogP contribution in [0.4, 0.5) is 0 Å². The van der Waals surface area contributed by atoms with Gasteiger partial charge in [-0.3, -0.25) is 4.79 Å². The summed E-state index contributed by atoms with van der Waals surface area (Å²) in [6.07, 6.45) is 1.64. The molecule has 0 aliphatic carbocycles. The van der Waals surface area contributed by atoms with Crippen molar-refractivity contribution in [1.29, 1.82) is 0 Å². The second-order valence-electron chi connectivity index (χ2n) is 5.50. The standard InChI is InChI=1S/C19H15Cl2N3O2/c1-2-11-24(19(25)14-5-9-16(21)10-6-14)12-17-22-18(23-26-17)13-3-7-15(20)8-4-13/h2-10H,1,11-12H2. The van der Waals surface area contributed by atoms with E-state index in [1.165, 1.54) is 0 Å². The molecule has 0 spiro atoms. The minimum absolute atomic E-state index is 0.173. The highest BCUT2D eigenvalue weighted by Gasteiger charge is 2.18. The first-order chi connectivity index (χ1) is 12.6. The third-order valence-corrected chi connectivity index (χ3v) is 4.13. The third-order valence-electron chi connectivity index (χ3n) is 3.62. The van der Waals surface area contributed by atoms with Crippen LogP contribution >= 0.6 is 23.2 Å². The van der Waals surface area contributed by atoms with E-state index in [-0.39, 0.29) is 12.5 Å². The molecule has 2 aromatic carbocycles. The second kappa shape index (κ2) is 8.17. The summed E-state index contributed by atoms with van der Waals surface area (Å²) in [5.41, 5.74) is 1.30. The molecule has 0 saturated carbocycles. The first-order valence-corrected chi connectivity index (χ1v) is 8.56. The normalized spacial score (nSPS) is 10.5. The fraction of sp³-hybridized carbons (Fsp3) is 0.105. The largest absolute Gasteiger partial charge is 0.337 e. The van der Waals surface area contributed by atoms with Gasteiger partial charge < -0.3 is 9.42 Å². The molecule has 0 bridgehead atoms. The van der Waals surface area contributed by atoms with E-state index in [1.807, 2.05) is 0 Å². The van der Waals surface area contributed by atoms with E-state index in [0.717, 1.165) is 5.56 Å². The summed E-state index contributed by atoms with van der Waals surface area (Å²) in [5, 5.41) is 5.16. The van der Waals surface area contributed by atoms with Crippen LogP contribution in [0.3, 0.4) is 0 Å². The molecule has 7 heteroatoms. The van der Waals surface area contributed by atoms with E-state index in [4.69, 9.17) is 27.7 Å². The van der Waals surface area contributed by atoms with Gasteiger partial charge in [0.25, 0.3) is 5.91 Å². The van der Waals surface area contributed by atoms with Gasteiger partial charge in [-0.05, 0) is 48.5 Å². The van der Waals surface area contributed by atoms with Crippen LogP contribution in [0.2, 0.25) is 10.0 Å². The van der Waals surface area contributed by atoms with E-state index >= 15 is 0 Å². The van der Waals surface area contributed by atoms with Gasteiger partial charge in [-0.1, -0.05) is 34.4 Å². The van der Waals surface area contributed by atoms with Gasteiger partial charge in [0.2, 0.25) is 11.7 Å². The Kier molecular flexibility index (Phi) is 5.71. The highest BCUT2D eigenvalue weighted by molar-refractivity contribution is 6.30. The maximum Gasteiger partial charge on any atom is 0.254 e. The first kappa shape index (κ1) is 18.2. The highest BCUT2D eigenvalue weighted by Crippen LogP contribution is 2.19. The van der Waals surface area contributed by atoms with Gasteiger partial charge in [-0.25, -0.2) is 0 Å². The minimum atomic E-state index is -0.173. The number of rotatable bonds is 6. The molecular formula is C19H15Cl2N3O2. The van der Waals surface area contributed by atoms with Crippen LogP contribution in [0.15, 0.2) is 65.7 Å². The van der Waals surface area contributed by atoms with Crippen molar-refractivity contribution in [2.75, 3.05) is 6.54 Å². The molecule has 0 aliphatic heterocycles. The van der Waals surface area contributed by atoms with Crippen molar-refractivity contribution in [3.63, 3.8) is 0 Å². The molecule has 0 aliphatic rings. The number of hydrogen-bond acceptors (Lipinski definition) is 4. The molecule has 0 fully saturated rings. The summed E-state index contributed by atoms with van der Waals surface area (Å²) in [7, 11) is 0. The molecule has 5 nitrogen and oxygen atoms in total. The van der Waals surface area contributed by atoms with Crippen molar-refractivity contribution in [1.82, 2.24) is 15.0 Å². The Hall–Kier alpha value is -2.63. The van der Waals surface area contributed by atoms with E-state index in [2.05, 4.69) is 16.7 Å². The van der Waals surface area contributed by atoms with E-state index in [9.17, 15) is 4.79 Å². The molecule has 0 N–H and O–H groups in total. The molecule has 132 valence electrons. The van der Waals surface area contributed by atoms with Crippen LogP contribution in [0, 0.1) is 0 Å². The average Bonchev–Trinajstić information content (AvgIpc) is 3.10. The van der Waals surface area contributed by atoms with E-state index < -0.39 is 0 Å². The van der Waals surface area contributed by atoms with Crippen LogP contribution in [0.1, 0.15) is 16.2 Å². The number of carbonyl (C=O) groups excluding carboxylic acids is 1. The van der Waals surface area contributed by atoms with Crippen LogP contribution in [-0.4, -0.2) is 27.5 Å². The quantitative estimate of drug-likeness (QED) is 0.566. The summed E-state index contributed by atoms with van der Waals surface area (Å²) < 4.78 is 5.29. The van der Waals surface area contributed by atoms with Gasteiger partial charge >= 0.3 is 0 Å². The van der Waals surface area contributed by atoms with Crippen LogP contribution < -0.4 is 0 Å². The summed E-state index contributed by atoms with van der Waals surface area (Å²) in [5.74, 6) is 0.598. The number of amides is 1. The zero-order valence-electron chi connectivity index (χ0n) is 13.7. The predicted octanol–water partition coefficient (Wildman–Crippen LogP) is 4.87. The molecule has 0 radical (unpaired) electrons. The minimum Gasteiger partial charge on any atom is -0.337 e. The zero-order chi connectivity index (χ0) is 18.5. The third kappa shape index (κ3) is 4.31. The van der Waals surface area contributed by atoms with Gasteiger partial charge in [0.05, 0.1) is 0 Å². The second-order valence-corrected chi connectivity index (χ2v) is 6.37. The number of nitrogens with zero attached hydrogens (tertiary/aromatic N) is 3. The maximum atomic E-state index is 12.7. The summed E-state index contributed by atoms with van der Waals surface area (Å²) in [4.78, 5) is 18.6. The Balaban J connectivity index is 1.78. The Morgan fingerprint density at radius 2 is 1.69 bits per heavy atom.